The van der Waals surface area contributed by atoms with Gasteiger partial charge in [0.25, 0.3) is 0 Å². The molecule has 0 fully saturated rings. The van der Waals surface area contributed by atoms with Crippen LogP contribution < -0.4 is 0 Å². The van der Waals surface area contributed by atoms with Gasteiger partial charge in [0.15, 0.2) is 0 Å². The Balaban J connectivity index is 1.80. The van der Waals surface area contributed by atoms with Crippen molar-refractivity contribution in [3.8, 4) is 11.3 Å². The van der Waals surface area contributed by atoms with Gasteiger partial charge in [0, 0.05) is 5.56 Å². The fourth-order valence-electron chi connectivity index (χ4n) is 2.11. The molecule has 0 radical (unpaired) electrons. The summed E-state index contributed by atoms with van der Waals surface area (Å²) in [4.78, 5) is 8.08. The van der Waals surface area contributed by atoms with Crippen molar-refractivity contribution in [3.63, 3.8) is 0 Å². The molecule has 0 saturated heterocycles. The number of oxime groups is 1. The lowest BCUT2D eigenvalue weighted by Crippen LogP contribution is -2.45. The summed E-state index contributed by atoms with van der Waals surface area (Å²) in [6.45, 7) is 0. The SMILES string of the molecule is OC1(C(F)(F)F)CC(c2ccc(-c3ccc(F)cn3)cc2)=NO1. The lowest BCUT2D eigenvalue weighted by atomic mass is 10.0. The van der Waals surface area contributed by atoms with E-state index in [0.717, 1.165) is 6.20 Å². The Morgan fingerprint density at radius 3 is 2.22 bits per heavy atom. The average molecular weight is 326 g/mol. The van der Waals surface area contributed by atoms with Crippen LogP contribution in [0, 0.1) is 5.82 Å². The summed E-state index contributed by atoms with van der Waals surface area (Å²) in [6.07, 6.45) is -4.65. The van der Waals surface area contributed by atoms with Gasteiger partial charge in [-0.25, -0.2) is 4.39 Å². The van der Waals surface area contributed by atoms with E-state index in [9.17, 15) is 22.7 Å². The van der Waals surface area contributed by atoms with Gasteiger partial charge in [-0.1, -0.05) is 29.4 Å². The second kappa shape index (κ2) is 5.31. The number of pyridine rings is 1. The maximum atomic E-state index is 12.8. The molecule has 1 N–H and O–H groups in total. The molecule has 2 heterocycles. The van der Waals surface area contributed by atoms with Crippen LogP contribution in [-0.2, 0) is 4.84 Å². The monoisotopic (exact) mass is 326 g/mol. The number of hydrogen-bond donors (Lipinski definition) is 1. The van der Waals surface area contributed by atoms with E-state index >= 15 is 0 Å². The average Bonchev–Trinajstić information content (AvgIpc) is 2.92. The molecule has 1 aliphatic heterocycles. The van der Waals surface area contributed by atoms with Crippen molar-refractivity contribution in [2.75, 3.05) is 0 Å². The predicted octanol–water partition coefficient (Wildman–Crippen LogP) is 3.26. The largest absolute Gasteiger partial charge is 0.458 e. The first-order chi connectivity index (χ1) is 10.8. The number of aromatic nitrogens is 1. The molecule has 4 nitrogen and oxygen atoms in total. The van der Waals surface area contributed by atoms with Crippen molar-refractivity contribution in [3.05, 3.63) is 54.0 Å². The molecule has 8 heteroatoms. The smallest absolute Gasteiger partial charge is 0.350 e. The van der Waals surface area contributed by atoms with E-state index < -0.39 is 24.2 Å². The zero-order valence-corrected chi connectivity index (χ0v) is 11.5. The lowest BCUT2D eigenvalue weighted by Gasteiger charge is -2.22. The molecule has 0 saturated carbocycles. The molecule has 3 rings (SSSR count). The first-order valence-corrected chi connectivity index (χ1v) is 6.55. The van der Waals surface area contributed by atoms with E-state index in [-0.39, 0.29) is 5.71 Å². The third-order valence-electron chi connectivity index (χ3n) is 3.40. The van der Waals surface area contributed by atoms with Crippen molar-refractivity contribution >= 4 is 5.71 Å². The Bertz CT molecular complexity index is 742. The van der Waals surface area contributed by atoms with Gasteiger partial charge in [0.1, 0.15) is 5.82 Å². The van der Waals surface area contributed by atoms with Gasteiger partial charge in [-0.3, -0.25) is 4.98 Å². The van der Waals surface area contributed by atoms with Crippen LogP contribution in [0.25, 0.3) is 11.3 Å². The van der Waals surface area contributed by atoms with Crippen LogP contribution in [0.15, 0.2) is 47.8 Å². The number of nitrogens with zero attached hydrogens (tertiary/aromatic N) is 2. The second-order valence-corrected chi connectivity index (χ2v) is 5.03. The lowest BCUT2D eigenvalue weighted by molar-refractivity contribution is -0.355. The van der Waals surface area contributed by atoms with Gasteiger partial charge in [-0.15, -0.1) is 0 Å². The molecule has 1 atom stereocenters. The first kappa shape index (κ1) is 15.4. The summed E-state index contributed by atoms with van der Waals surface area (Å²) >= 11 is 0. The van der Waals surface area contributed by atoms with E-state index in [2.05, 4.69) is 15.0 Å². The van der Waals surface area contributed by atoms with Crippen LogP contribution in [0.2, 0.25) is 0 Å². The molecule has 2 aromatic rings. The van der Waals surface area contributed by atoms with Crippen LogP contribution in [0.4, 0.5) is 17.6 Å². The first-order valence-electron chi connectivity index (χ1n) is 6.55. The van der Waals surface area contributed by atoms with E-state index in [1.165, 1.54) is 24.3 Å². The molecule has 0 bridgehead atoms. The summed E-state index contributed by atoms with van der Waals surface area (Å²) in [5.74, 6) is -3.76. The van der Waals surface area contributed by atoms with Gasteiger partial charge in [0.05, 0.1) is 24.0 Å². The summed E-state index contributed by atoms with van der Waals surface area (Å²) < 4.78 is 50.8. The molecular weight excluding hydrogens is 316 g/mol. The summed E-state index contributed by atoms with van der Waals surface area (Å²) in [6, 6.07) is 9.04. The zero-order valence-electron chi connectivity index (χ0n) is 11.5. The normalized spacial score (nSPS) is 21.0. The van der Waals surface area contributed by atoms with E-state index in [1.54, 1.807) is 12.1 Å². The van der Waals surface area contributed by atoms with Crippen LogP contribution in [-0.4, -0.2) is 27.8 Å². The van der Waals surface area contributed by atoms with Crippen molar-refractivity contribution in [2.24, 2.45) is 5.16 Å². The Morgan fingerprint density at radius 2 is 1.70 bits per heavy atom. The number of aliphatic hydroxyl groups is 1. The predicted molar refractivity (Wildman–Crippen MR) is 72.9 cm³/mol. The van der Waals surface area contributed by atoms with E-state index in [1.807, 2.05) is 0 Å². The Kier molecular flexibility index (Phi) is 3.56. The third kappa shape index (κ3) is 2.89. The molecule has 120 valence electrons. The number of benzene rings is 1. The van der Waals surface area contributed by atoms with Crippen molar-refractivity contribution in [2.45, 2.75) is 18.4 Å². The van der Waals surface area contributed by atoms with Gasteiger partial charge in [-0.05, 0) is 17.7 Å². The molecule has 0 amide bonds. The van der Waals surface area contributed by atoms with Crippen molar-refractivity contribution < 1.29 is 27.5 Å². The number of hydrogen-bond acceptors (Lipinski definition) is 4. The molecule has 0 aliphatic carbocycles. The number of alkyl halides is 3. The van der Waals surface area contributed by atoms with Crippen molar-refractivity contribution in [1.29, 1.82) is 0 Å². The van der Waals surface area contributed by atoms with Gasteiger partial charge < -0.3 is 9.94 Å². The minimum Gasteiger partial charge on any atom is -0.350 e. The highest BCUT2D eigenvalue weighted by Crippen LogP contribution is 2.39. The Morgan fingerprint density at radius 1 is 1.04 bits per heavy atom. The van der Waals surface area contributed by atoms with Crippen LogP contribution in [0.5, 0.6) is 0 Å². The van der Waals surface area contributed by atoms with E-state index in [4.69, 9.17) is 0 Å². The molecule has 0 spiro atoms. The number of halogens is 4. The summed E-state index contributed by atoms with van der Waals surface area (Å²) in [5.41, 5.74) is 1.56. The van der Waals surface area contributed by atoms with Gasteiger partial charge in [-0.2, -0.15) is 13.2 Å². The maximum Gasteiger partial charge on any atom is 0.458 e. The molecular formula is C15H10F4N2O2. The topological polar surface area (TPSA) is 54.7 Å². The minimum atomic E-state index is -4.93. The van der Waals surface area contributed by atoms with Crippen LogP contribution in [0.3, 0.4) is 0 Å². The maximum absolute atomic E-state index is 12.8. The number of rotatable bonds is 2. The Labute approximate surface area is 128 Å². The molecule has 1 aromatic heterocycles. The van der Waals surface area contributed by atoms with Crippen molar-refractivity contribution in [1.82, 2.24) is 4.98 Å². The third-order valence-corrected chi connectivity index (χ3v) is 3.40. The standard InChI is InChI=1S/C15H10F4N2O2/c16-11-5-6-12(20-8-11)9-1-3-10(4-2-9)13-7-14(22,23-21-13)15(17,18)19/h1-6,8,22H,7H2. The molecule has 23 heavy (non-hydrogen) atoms. The summed E-state index contributed by atoms with van der Waals surface area (Å²) in [5, 5.41) is 12.7. The summed E-state index contributed by atoms with van der Waals surface area (Å²) in [7, 11) is 0. The fraction of sp³-hybridized carbons (Fsp3) is 0.200. The minimum absolute atomic E-state index is 0.0107. The van der Waals surface area contributed by atoms with Gasteiger partial charge >= 0.3 is 12.0 Å². The van der Waals surface area contributed by atoms with Gasteiger partial charge in [0.2, 0.25) is 0 Å². The molecule has 1 aromatic carbocycles. The second-order valence-electron chi connectivity index (χ2n) is 5.03. The van der Waals surface area contributed by atoms with E-state index in [0.29, 0.717) is 16.8 Å². The van der Waals surface area contributed by atoms with Crippen LogP contribution >= 0.6 is 0 Å². The van der Waals surface area contributed by atoms with Crippen LogP contribution in [0.1, 0.15) is 12.0 Å². The highest BCUT2D eigenvalue weighted by molar-refractivity contribution is 6.01. The highest BCUT2D eigenvalue weighted by Gasteiger charge is 2.60. The highest BCUT2D eigenvalue weighted by atomic mass is 19.4. The zero-order chi connectivity index (χ0) is 16.7. The Hall–Kier alpha value is -2.48. The quantitative estimate of drug-likeness (QED) is 0.862. The molecule has 1 unspecified atom stereocenters. The fourth-order valence-corrected chi connectivity index (χ4v) is 2.11. The molecule has 1 aliphatic rings.